The molecule has 1 aliphatic rings. The highest BCUT2D eigenvalue weighted by Gasteiger charge is 2.30. The molecule has 0 bridgehead atoms. The van der Waals surface area contributed by atoms with Crippen molar-refractivity contribution in [1.29, 1.82) is 0 Å². The highest BCUT2D eigenvalue weighted by Crippen LogP contribution is 2.28. The maximum absolute atomic E-state index is 12.7. The smallest absolute Gasteiger partial charge is 0.254 e. The third-order valence-corrected chi connectivity index (χ3v) is 4.74. The third kappa shape index (κ3) is 2.88. The number of fused-ring (bicyclic) bond motifs is 1. The molecule has 6 heteroatoms. The lowest BCUT2D eigenvalue weighted by molar-refractivity contribution is 0.0787. The van der Waals surface area contributed by atoms with Crippen LogP contribution in [-0.2, 0) is 6.42 Å². The summed E-state index contributed by atoms with van der Waals surface area (Å²) in [6, 6.07) is 7.70. The van der Waals surface area contributed by atoms with Gasteiger partial charge in [-0.1, -0.05) is 6.92 Å². The lowest BCUT2D eigenvalue weighted by Crippen LogP contribution is -2.29. The van der Waals surface area contributed by atoms with Crippen LogP contribution in [-0.4, -0.2) is 43.4 Å². The fraction of sp³-hybridized carbons (Fsp3) is 0.368. The number of imidazole rings is 1. The second-order valence-electron chi connectivity index (χ2n) is 6.42. The maximum Gasteiger partial charge on any atom is 0.254 e. The van der Waals surface area contributed by atoms with Crippen LogP contribution in [0.5, 0.6) is 0 Å². The normalized spacial score (nSPS) is 17.3. The van der Waals surface area contributed by atoms with Gasteiger partial charge in [-0.05, 0) is 37.1 Å². The number of aromatic nitrogens is 4. The van der Waals surface area contributed by atoms with Crippen LogP contribution >= 0.6 is 0 Å². The molecule has 1 aliphatic heterocycles. The molecule has 1 atom stereocenters. The van der Waals surface area contributed by atoms with E-state index in [1.165, 1.54) is 0 Å². The summed E-state index contributed by atoms with van der Waals surface area (Å²) in [5.74, 6) is 1.14. The molecule has 0 spiro atoms. The molecule has 0 aliphatic carbocycles. The molecule has 4 rings (SSSR count). The van der Waals surface area contributed by atoms with E-state index >= 15 is 0 Å². The molecular formula is C19H21N5O. The zero-order valence-corrected chi connectivity index (χ0v) is 14.3. The molecule has 0 N–H and O–H groups in total. The van der Waals surface area contributed by atoms with Gasteiger partial charge in [-0.2, -0.15) is 0 Å². The number of likely N-dealkylation sites (tertiary alicyclic amines) is 1. The van der Waals surface area contributed by atoms with E-state index in [0.717, 1.165) is 42.8 Å². The van der Waals surface area contributed by atoms with Gasteiger partial charge in [-0.3, -0.25) is 9.78 Å². The van der Waals surface area contributed by atoms with Crippen LogP contribution in [0.4, 0.5) is 0 Å². The number of carbonyl (C=O) groups excluding carboxylic acids is 1. The van der Waals surface area contributed by atoms with Crippen molar-refractivity contribution in [3.05, 3.63) is 54.2 Å². The molecule has 1 fully saturated rings. The fourth-order valence-corrected chi connectivity index (χ4v) is 3.57. The van der Waals surface area contributed by atoms with E-state index in [0.29, 0.717) is 12.1 Å². The highest BCUT2D eigenvalue weighted by molar-refractivity contribution is 5.94. The Morgan fingerprint density at radius 1 is 1.24 bits per heavy atom. The van der Waals surface area contributed by atoms with Crippen molar-refractivity contribution in [2.45, 2.75) is 32.2 Å². The first kappa shape index (κ1) is 15.7. The summed E-state index contributed by atoms with van der Waals surface area (Å²) in [5, 5.41) is 0. The lowest BCUT2D eigenvalue weighted by atomic mass is 10.2. The molecule has 0 unspecified atom stereocenters. The van der Waals surface area contributed by atoms with E-state index in [1.807, 2.05) is 23.2 Å². The quantitative estimate of drug-likeness (QED) is 0.735. The number of pyridine rings is 2. The number of nitrogens with zero attached hydrogens (tertiary/aromatic N) is 5. The first-order valence-electron chi connectivity index (χ1n) is 8.79. The zero-order chi connectivity index (χ0) is 17.2. The Morgan fingerprint density at radius 3 is 2.88 bits per heavy atom. The minimum Gasteiger partial charge on any atom is -0.336 e. The van der Waals surface area contributed by atoms with E-state index in [9.17, 15) is 4.79 Å². The molecule has 4 heterocycles. The summed E-state index contributed by atoms with van der Waals surface area (Å²) in [5.41, 5.74) is 2.55. The summed E-state index contributed by atoms with van der Waals surface area (Å²) in [4.78, 5) is 27.9. The number of carbonyl (C=O) groups is 1. The Balaban J connectivity index is 1.62. The summed E-state index contributed by atoms with van der Waals surface area (Å²) >= 11 is 0. The van der Waals surface area contributed by atoms with Crippen LogP contribution in [0, 0.1) is 0 Å². The van der Waals surface area contributed by atoms with Gasteiger partial charge in [0, 0.05) is 43.7 Å². The lowest BCUT2D eigenvalue weighted by Gasteiger charge is -2.18. The van der Waals surface area contributed by atoms with Crippen molar-refractivity contribution in [3.8, 4) is 0 Å². The second-order valence-corrected chi connectivity index (χ2v) is 6.42. The van der Waals surface area contributed by atoms with Gasteiger partial charge in [0.15, 0.2) is 5.65 Å². The monoisotopic (exact) mass is 335 g/mol. The molecule has 0 aromatic carbocycles. The van der Waals surface area contributed by atoms with Gasteiger partial charge in [0.05, 0.1) is 6.04 Å². The van der Waals surface area contributed by atoms with Crippen molar-refractivity contribution < 1.29 is 4.79 Å². The number of amides is 1. The second kappa shape index (κ2) is 6.63. The molecule has 3 aromatic rings. The average molecular weight is 335 g/mol. The van der Waals surface area contributed by atoms with Gasteiger partial charge in [0.25, 0.3) is 5.91 Å². The molecule has 0 saturated carbocycles. The van der Waals surface area contributed by atoms with Crippen molar-refractivity contribution in [2.75, 3.05) is 13.1 Å². The van der Waals surface area contributed by atoms with Gasteiger partial charge in [-0.25, -0.2) is 9.97 Å². The Kier molecular flexibility index (Phi) is 4.17. The first-order chi connectivity index (χ1) is 12.3. The summed E-state index contributed by atoms with van der Waals surface area (Å²) < 4.78 is 2.25. The van der Waals surface area contributed by atoms with Crippen molar-refractivity contribution in [3.63, 3.8) is 0 Å². The molecular weight excluding hydrogens is 314 g/mol. The number of hydrogen-bond donors (Lipinski definition) is 0. The topological polar surface area (TPSA) is 63.9 Å². The molecule has 6 nitrogen and oxygen atoms in total. The molecule has 1 saturated heterocycles. The van der Waals surface area contributed by atoms with Crippen LogP contribution in [0.2, 0.25) is 0 Å². The van der Waals surface area contributed by atoms with Crippen molar-refractivity contribution in [1.82, 2.24) is 24.4 Å². The number of aryl methyl sites for hydroxylation is 1. The van der Waals surface area contributed by atoms with E-state index in [-0.39, 0.29) is 11.9 Å². The van der Waals surface area contributed by atoms with Crippen LogP contribution in [0.1, 0.15) is 42.0 Å². The average Bonchev–Trinajstić information content (AvgIpc) is 3.26. The Morgan fingerprint density at radius 2 is 2.08 bits per heavy atom. The summed E-state index contributed by atoms with van der Waals surface area (Å²) in [7, 11) is 0. The maximum atomic E-state index is 12.7. The van der Waals surface area contributed by atoms with E-state index in [4.69, 9.17) is 4.98 Å². The van der Waals surface area contributed by atoms with E-state index in [1.54, 1.807) is 24.5 Å². The minimum absolute atomic E-state index is 0.0688. The largest absolute Gasteiger partial charge is 0.336 e. The zero-order valence-electron chi connectivity index (χ0n) is 14.3. The molecule has 25 heavy (non-hydrogen) atoms. The fourth-order valence-electron chi connectivity index (χ4n) is 3.57. The number of rotatable bonds is 4. The Bertz CT molecular complexity index is 889. The SMILES string of the molecule is CCCc1nc2cccnc2n1[C@@H]1CCN(C(=O)c2ccncc2)C1. The van der Waals surface area contributed by atoms with Gasteiger partial charge in [-0.15, -0.1) is 0 Å². The van der Waals surface area contributed by atoms with Crippen LogP contribution < -0.4 is 0 Å². The van der Waals surface area contributed by atoms with Crippen LogP contribution in [0.25, 0.3) is 11.2 Å². The Labute approximate surface area is 146 Å². The standard InChI is InChI=1S/C19H21N5O/c1-2-4-17-22-16-5-3-9-21-18(16)24(17)15-8-12-23(13-15)19(25)14-6-10-20-11-7-14/h3,5-7,9-11,15H,2,4,8,12-13H2,1H3/t15-/m1/s1. The number of hydrogen-bond acceptors (Lipinski definition) is 4. The Hall–Kier alpha value is -2.76. The van der Waals surface area contributed by atoms with Crippen LogP contribution in [0.15, 0.2) is 42.9 Å². The predicted molar refractivity (Wildman–Crippen MR) is 95.3 cm³/mol. The first-order valence-corrected chi connectivity index (χ1v) is 8.79. The molecule has 0 radical (unpaired) electrons. The van der Waals surface area contributed by atoms with E-state index in [2.05, 4.69) is 21.5 Å². The molecule has 3 aromatic heterocycles. The van der Waals surface area contributed by atoms with Crippen LogP contribution in [0.3, 0.4) is 0 Å². The van der Waals surface area contributed by atoms with Gasteiger partial charge in [0.2, 0.25) is 0 Å². The predicted octanol–water partition coefficient (Wildman–Crippen LogP) is 2.87. The third-order valence-electron chi connectivity index (χ3n) is 4.74. The molecule has 1 amide bonds. The summed E-state index contributed by atoms with van der Waals surface area (Å²) in [6.45, 7) is 3.61. The van der Waals surface area contributed by atoms with Gasteiger partial charge in [0.1, 0.15) is 11.3 Å². The van der Waals surface area contributed by atoms with Gasteiger partial charge >= 0.3 is 0 Å². The highest BCUT2D eigenvalue weighted by atomic mass is 16.2. The van der Waals surface area contributed by atoms with Crippen molar-refractivity contribution in [2.24, 2.45) is 0 Å². The van der Waals surface area contributed by atoms with Gasteiger partial charge < -0.3 is 9.47 Å². The van der Waals surface area contributed by atoms with E-state index < -0.39 is 0 Å². The van der Waals surface area contributed by atoms with Crippen molar-refractivity contribution >= 4 is 17.1 Å². The summed E-state index contributed by atoms with van der Waals surface area (Å²) in [6.07, 6.45) is 8.02. The minimum atomic E-state index is 0.0688. The molecule has 128 valence electrons.